The predicted molar refractivity (Wildman–Crippen MR) is 63.5 cm³/mol. The first-order valence-electron chi connectivity index (χ1n) is 4.35. The lowest BCUT2D eigenvalue weighted by Gasteiger charge is -1.99. The number of hydrogen-bond donors (Lipinski definition) is 0. The largest absolute Gasteiger partial charge is 0.259 e. The lowest BCUT2D eigenvalue weighted by Crippen LogP contribution is -1.88. The van der Waals surface area contributed by atoms with E-state index in [2.05, 4.69) is 30.9 Å². The SMILES string of the molecule is Brc1ccc(CSc2ncccn2)nc1. The minimum absolute atomic E-state index is 0.780. The number of aromatic nitrogens is 3. The quantitative estimate of drug-likeness (QED) is 0.641. The second kappa shape index (κ2) is 5.23. The van der Waals surface area contributed by atoms with E-state index in [9.17, 15) is 0 Å². The summed E-state index contributed by atoms with van der Waals surface area (Å²) < 4.78 is 0.993. The molecule has 76 valence electrons. The smallest absolute Gasteiger partial charge is 0.187 e. The molecule has 0 aliphatic rings. The molecule has 2 rings (SSSR count). The molecule has 0 unspecified atom stereocenters. The van der Waals surface area contributed by atoms with Crippen molar-refractivity contribution in [2.24, 2.45) is 0 Å². The molecule has 0 saturated carbocycles. The fourth-order valence-corrected chi connectivity index (χ4v) is 1.94. The summed E-state index contributed by atoms with van der Waals surface area (Å²) in [7, 11) is 0. The van der Waals surface area contributed by atoms with Crippen molar-refractivity contribution in [2.75, 3.05) is 0 Å². The maximum Gasteiger partial charge on any atom is 0.187 e. The summed E-state index contributed by atoms with van der Waals surface area (Å²) in [6.07, 6.45) is 5.27. The highest BCUT2D eigenvalue weighted by molar-refractivity contribution is 9.10. The first kappa shape index (κ1) is 10.6. The first-order chi connectivity index (χ1) is 7.34. The molecule has 0 amide bonds. The molecule has 0 N–H and O–H groups in total. The summed E-state index contributed by atoms with van der Waals surface area (Å²) in [5, 5.41) is 0.780. The van der Waals surface area contributed by atoms with Gasteiger partial charge in [-0.15, -0.1) is 0 Å². The Morgan fingerprint density at radius 3 is 2.60 bits per heavy atom. The van der Waals surface area contributed by atoms with Gasteiger partial charge in [0.15, 0.2) is 5.16 Å². The van der Waals surface area contributed by atoms with Crippen molar-refractivity contribution in [3.8, 4) is 0 Å². The number of halogens is 1. The third-order valence-electron chi connectivity index (χ3n) is 1.68. The van der Waals surface area contributed by atoms with Crippen LogP contribution in [0.4, 0.5) is 0 Å². The Hall–Kier alpha value is -0.940. The molecule has 2 heterocycles. The highest BCUT2D eigenvalue weighted by atomic mass is 79.9. The summed E-state index contributed by atoms with van der Waals surface area (Å²) >= 11 is 4.93. The zero-order chi connectivity index (χ0) is 10.5. The number of thioether (sulfide) groups is 1. The van der Waals surface area contributed by atoms with Gasteiger partial charge >= 0.3 is 0 Å². The Labute approximate surface area is 101 Å². The van der Waals surface area contributed by atoms with Crippen molar-refractivity contribution in [3.63, 3.8) is 0 Å². The van der Waals surface area contributed by atoms with E-state index in [1.54, 1.807) is 30.4 Å². The lowest BCUT2D eigenvalue weighted by atomic mass is 10.4. The lowest BCUT2D eigenvalue weighted by molar-refractivity contribution is 0.964. The van der Waals surface area contributed by atoms with E-state index >= 15 is 0 Å². The average molecular weight is 282 g/mol. The summed E-state index contributed by atoms with van der Waals surface area (Å²) in [5.74, 6) is 0.789. The van der Waals surface area contributed by atoms with Crippen molar-refractivity contribution >= 4 is 27.7 Å². The van der Waals surface area contributed by atoms with E-state index in [0.29, 0.717) is 0 Å². The van der Waals surface area contributed by atoms with Gasteiger partial charge in [-0.2, -0.15) is 0 Å². The van der Waals surface area contributed by atoms with Gasteiger partial charge in [0.2, 0.25) is 0 Å². The Bertz CT molecular complexity index is 418. The Morgan fingerprint density at radius 1 is 1.13 bits per heavy atom. The van der Waals surface area contributed by atoms with Gasteiger partial charge in [-0.25, -0.2) is 9.97 Å². The Balaban J connectivity index is 1.96. The van der Waals surface area contributed by atoms with Crippen LogP contribution in [0.2, 0.25) is 0 Å². The van der Waals surface area contributed by atoms with Crippen LogP contribution < -0.4 is 0 Å². The highest BCUT2D eigenvalue weighted by Crippen LogP contribution is 2.17. The molecule has 0 fully saturated rings. The van der Waals surface area contributed by atoms with E-state index < -0.39 is 0 Å². The molecule has 0 aromatic carbocycles. The second-order valence-electron chi connectivity index (χ2n) is 2.79. The average Bonchev–Trinajstić information content (AvgIpc) is 2.30. The van der Waals surface area contributed by atoms with Crippen molar-refractivity contribution < 1.29 is 0 Å². The summed E-state index contributed by atoms with van der Waals surface area (Å²) in [6, 6.07) is 5.77. The molecule has 0 radical (unpaired) electrons. The maximum absolute atomic E-state index is 4.27. The number of nitrogens with zero attached hydrogens (tertiary/aromatic N) is 3. The van der Waals surface area contributed by atoms with Crippen LogP contribution in [-0.2, 0) is 5.75 Å². The molecule has 0 atom stereocenters. The third kappa shape index (κ3) is 3.28. The summed E-state index contributed by atoms with van der Waals surface area (Å²) in [4.78, 5) is 12.5. The summed E-state index contributed by atoms with van der Waals surface area (Å²) in [6.45, 7) is 0. The minimum atomic E-state index is 0.780. The number of rotatable bonds is 3. The third-order valence-corrected chi connectivity index (χ3v) is 3.06. The van der Waals surface area contributed by atoms with E-state index in [4.69, 9.17) is 0 Å². The monoisotopic (exact) mass is 281 g/mol. The van der Waals surface area contributed by atoms with Gasteiger partial charge in [0.25, 0.3) is 0 Å². The minimum Gasteiger partial charge on any atom is -0.259 e. The topological polar surface area (TPSA) is 38.7 Å². The Kier molecular flexibility index (Phi) is 3.69. The van der Waals surface area contributed by atoms with Crippen molar-refractivity contribution in [1.29, 1.82) is 0 Å². The second-order valence-corrected chi connectivity index (χ2v) is 4.65. The van der Waals surface area contributed by atoms with Crippen LogP contribution >= 0.6 is 27.7 Å². The zero-order valence-corrected chi connectivity index (χ0v) is 10.2. The molecule has 0 aliphatic carbocycles. The molecule has 0 spiro atoms. The molecular weight excluding hydrogens is 274 g/mol. The molecule has 5 heteroatoms. The standard InChI is InChI=1S/C10H8BrN3S/c11-8-2-3-9(14-6-8)7-15-10-12-4-1-5-13-10/h1-6H,7H2. The van der Waals surface area contributed by atoms with E-state index in [-0.39, 0.29) is 0 Å². The number of hydrogen-bond acceptors (Lipinski definition) is 4. The van der Waals surface area contributed by atoms with Crippen LogP contribution in [-0.4, -0.2) is 15.0 Å². The van der Waals surface area contributed by atoms with Gasteiger partial charge in [0.1, 0.15) is 0 Å². The molecular formula is C10H8BrN3S. The number of pyridine rings is 1. The van der Waals surface area contributed by atoms with Gasteiger partial charge in [-0.3, -0.25) is 4.98 Å². The van der Waals surface area contributed by atoms with Crippen molar-refractivity contribution in [3.05, 3.63) is 47.0 Å². The fourth-order valence-electron chi connectivity index (χ4n) is 0.990. The first-order valence-corrected chi connectivity index (χ1v) is 6.13. The van der Waals surface area contributed by atoms with E-state index in [1.165, 1.54) is 0 Å². The van der Waals surface area contributed by atoms with Crippen LogP contribution in [0, 0.1) is 0 Å². The van der Waals surface area contributed by atoms with E-state index in [1.807, 2.05) is 18.2 Å². The summed E-state index contributed by atoms with van der Waals surface area (Å²) in [5.41, 5.74) is 1.02. The predicted octanol–water partition coefficient (Wildman–Crippen LogP) is 2.93. The fraction of sp³-hybridized carbons (Fsp3) is 0.100. The van der Waals surface area contributed by atoms with Gasteiger partial charge in [0, 0.05) is 28.8 Å². The zero-order valence-electron chi connectivity index (χ0n) is 7.80. The van der Waals surface area contributed by atoms with Gasteiger partial charge in [-0.05, 0) is 34.1 Å². The van der Waals surface area contributed by atoms with Crippen molar-refractivity contribution in [2.45, 2.75) is 10.9 Å². The normalized spacial score (nSPS) is 10.2. The molecule has 0 aliphatic heterocycles. The van der Waals surface area contributed by atoms with Crippen LogP contribution in [0.5, 0.6) is 0 Å². The molecule has 2 aromatic rings. The molecule has 3 nitrogen and oxygen atoms in total. The molecule has 0 bridgehead atoms. The molecule has 0 saturated heterocycles. The van der Waals surface area contributed by atoms with Crippen LogP contribution in [0.15, 0.2) is 46.4 Å². The van der Waals surface area contributed by atoms with Gasteiger partial charge in [-0.1, -0.05) is 11.8 Å². The van der Waals surface area contributed by atoms with Crippen LogP contribution in [0.3, 0.4) is 0 Å². The highest BCUT2D eigenvalue weighted by Gasteiger charge is 1.98. The van der Waals surface area contributed by atoms with Crippen LogP contribution in [0.25, 0.3) is 0 Å². The van der Waals surface area contributed by atoms with Gasteiger partial charge in [0.05, 0.1) is 5.69 Å². The Morgan fingerprint density at radius 2 is 1.93 bits per heavy atom. The molecule has 15 heavy (non-hydrogen) atoms. The van der Waals surface area contributed by atoms with Crippen LogP contribution in [0.1, 0.15) is 5.69 Å². The van der Waals surface area contributed by atoms with Crippen molar-refractivity contribution in [1.82, 2.24) is 15.0 Å². The van der Waals surface area contributed by atoms with E-state index in [0.717, 1.165) is 21.1 Å². The maximum atomic E-state index is 4.27. The van der Waals surface area contributed by atoms with Gasteiger partial charge < -0.3 is 0 Å². The molecule has 2 aromatic heterocycles.